The van der Waals surface area contributed by atoms with Gasteiger partial charge in [0.15, 0.2) is 0 Å². The van der Waals surface area contributed by atoms with E-state index < -0.39 is 23.8 Å². The predicted octanol–water partition coefficient (Wildman–Crippen LogP) is 0.443. The molecule has 100 valence electrons. The minimum atomic E-state index is -1.11. The maximum atomic E-state index is 11.0. The monoisotopic (exact) mass is 248 g/mol. The van der Waals surface area contributed by atoms with Crippen LogP contribution in [0, 0.1) is 17.8 Å². The summed E-state index contributed by atoms with van der Waals surface area (Å²) in [6.45, 7) is 3.62. The molecule has 0 aromatic carbocycles. The average molecular weight is 248 g/mol. The molecule has 0 saturated carbocycles. The van der Waals surface area contributed by atoms with E-state index in [1.807, 2.05) is 0 Å². The summed E-state index contributed by atoms with van der Waals surface area (Å²) in [5.74, 6) is -4.12. The quantitative estimate of drug-likeness (QED) is 0.511. The van der Waals surface area contributed by atoms with E-state index in [9.17, 15) is 9.59 Å². The van der Waals surface area contributed by atoms with Crippen molar-refractivity contribution in [2.75, 3.05) is 19.8 Å². The van der Waals surface area contributed by atoms with Crippen LogP contribution in [0.25, 0.3) is 0 Å². The minimum absolute atomic E-state index is 0.0653. The number of ether oxygens (including phenoxy) is 1. The lowest BCUT2D eigenvalue weighted by Gasteiger charge is -2.20. The van der Waals surface area contributed by atoms with Gasteiger partial charge in [0.2, 0.25) is 0 Å². The first-order chi connectivity index (χ1) is 7.90. The Labute approximate surface area is 100 Å². The molecule has 0 spiro atoms. The number of rotatable bonds is 9. The van der Waals surface area contributed by atoms with Crippen LogP contribution in [-0.2, 0) is 14.3 Å². The first-order valence-corrected chi connectivity index (χ1v) is 5.54. The van der Waals surface area contributed by atoms with E-state index in [1.165, 1.54) is 6.92 Å². The highest BCUT2D eigenvalue weighted by Crippen LogP contribution is 2.21. The molecule has 0 bridgehead atoms. The number of carboxylic acid groups (broad SMARTS) is 2. The van der Waals surface area contributed by atoms with E-state index in [-0.39, 0.29) is 25.6 Å². The molecule has 0 aromatic rings. The van der Waals surface area contributed by atoms with E-state index in [0.29, 0.717) is 6.61 Å². The second kappa shape index (κ2) is 8.03. The van der Waals surface area contributed by atoms with E-state index in [0.717, 1.165) is 0 Å². The molecule has 0 aliphatic carbocycles. The van der Waals surface area contributed by atoms with Gasteiger partial charge in [-0.05, 0) is 12.3 Å². The van der Waals surface area contributed by atoms with E-state index >= 15 is 0 Å². The lowest BCUT2D eigenvalue weighted by Crippen LogP contribution is -2.30. The number of carbonyl (C=O) groups is 2. The van der Waals surface area contributed by atoms with E-state index in [4.69, 9.17) is 20.1 Å². The molecule has 0 rings (SSSR count). The minimum Gasteiger partial charge on any atom is -0.481 e. The van der Waals surface area contributed by atoms with Gasteiger partial charge in [-0.25, -0.2) is 0 Å². The summed E-state index contributed by atoms with van der Waals surface area (Å²) in [6, 6.07) is 0. The van der Waals surface area contributed by atoms with E-state index in [1.54, 1.807) is 6.92 Å². The van der Waals surface area contributed by atoms with Gasteiger partial charge >= 0.3 is 11.9 Å². The third-order valence-corrected chi connectivity index (χ3v) is 2.60. The van der Waals surface area contributed by atoms with Gasteiger partial charge in [-0.3, -0.25) is 9.59 Å². The highest BCUT2D eigenvalue weighted by molar-refractivity contribution is 5.79. The molecule has 6 nitrogen and oxygen atoms in total. The second-order valence-corrected chi connectivity index (χ2v) is 4.21. The summed E-state index contributed by atoms with van der Waals surface area (Å²) >= 11 is 0. The lowest BCUT2D eigenvalue weighted by molar-refractivity contribution is -0.153. The van der Waals surface area contributed by atoms with Crippen molar-refractivity contribution in [1.29, 1.82) is 0 Å². The molecule has 0 radical (unpaired) electrons. The fourth-order valence-corrected chi connectivity index (χ4v) is 1.54. The Morgan fingerprint density at radius 2 is 1.76 bits per heavy atom. The number of hydrogen-bond acceptors (Lipinski definition) is 4. The smallest absolute Gasteiger partial charge is 0.307 e. The molecule has 0 amide bonds. The zero-order valence-corrected chi connectivity index (χ0v) is 10.1. The van der Waals surface area contributed by atoms with Gasteiger partial charge in [-0.1, -0.05) is 13.8 Å². The van der Waals surface area contributed by atoms with E-state index in [2.05, 4.69) is 0 Å². The number of aliphatic carboxylic acids is 2. The summed E-state index contributed by atoms with van der Waals surface area (Å²) < 4.78 is 5.08. The summed E-state index contributed by atoms with van der Waals surface area (Å²) in [4.78, 5) is 21.7. The normalized spacial score (nSPS) is 16.2. The molecular weight excluding hydrogens is 228 g/mol. The highest BCUT2D eigenvalue weighted by atomic mass is 16.5. The van der Waals surface area contributed by atoms with Crippen LogP contribution in [0.1, 0.15) is 20.3 Å². The first kappa shape index (κ1) is 15.9. The van der Waals surface area contributed by atoms with Crippen molar-refractivity contribution >= 4 is 11.9 Å². The zero-order chi connectivity index (χ0) is 13.4. The predicted molar refractivity (Wildman–Crippen MR) is 59.6 cm³/mol. The van der Waals surface area contributed by atoms with Gasteiger partial charge < -0.3 is 20.1 Å². The maximum absolute atomic E-state index is 11.0. The van der Waals surface area contributed by atoms with Crippen molar-refractivity contribution < 1.29 is 29.6 Å². The molecule has 0 aliphatic rings. The third-order valence-electron chi connectivity index (χ3n) is 2.60. The van der Waals surface area contributed by atoms with Gasteiger partial charge in [-0.15, -0.1) is 0 Å². The molecule has 17 heavy (non-hydrogen) atoms. The second-order valence-electron chi connectivity index (χ2n) is 4.21. The summed E-state index contributed by atoms with van der Waals surface area (Å²) in [5.41, 5.74) is 0. The van der Waals surface area contributed by atoms with Crippen molar-refractivity contribution in [2.45, 2.75) is 20.3 Å². The molecule has 3 unspecified atom stereocenters. The van der Waals surface area contributed by atoms with Gasteiger partial charge in [0.05, 0.1) is 25.0 Å². The van der Waals surface area contributed by atoms with Gasteiger partial charge in [0, 0.05) is 6.61 Å². The molecule has 3 N–H and O–H groups in total. The van der Waals surface area contributed by atoms with Crippen LogP contribution in [0.15, 0.2) is 0 Å². The van der Waals surface area contributed by atoms with Crippen LogP contribution in [0.5, 0.6) is 0 Å². The molecule has 0 aliphatic heterocycles. The standard InChI is InChI=1S/C11H20O6/c1-7(6-17-4-3-12)5-9(11(15)16)8(2)10(13)14/h7-9,12H,3-6H2,1-2H3,(H,13,14)(H,15,16). The Morgan fingerprint density at radius 3 is 2.18 bits per heavy atom. The van der Waals surface area contributed by atoms with Crippen molar-refractivity contribution in [3.05, 3.63) is 0 Å². The maximum Gasteiger partial charge on any atom is 0.307 e. The fraction of sp³-hybridized carbons (Fsp3) is 0.818. The van der Waals surface area contributed by atoms with Gasteiger partial charge in [-0.2, -0.15) is 0 Å². The Hall–Kier alpha value is -1.14. The Kier molecular flexibility index (Phi) is 7.49. The van der Waals surface area contributed by atoms with Crippen LogP contribution in [0.2, 0.25) is 0 Å². The van der Waals surface area contributed by atoms with Crippen LogP contribution < -0.4 is 0 Å². The molecule has 0 heterocycles. The molecule has 0 aromatic heterocycles. The van der Waals surface area contributed by atoms with Crippen LogP contribution >= 0.6 is 0 Å². The summed E-state index contributed by atoms with van der Waals surface area (Å²) in [6.07, 6.45) is 0.244. The van der Waals surface area contributed by atoms with Gasteiger partial charge in [0.25, 0.3) is 0 Å². The van der Waals surface area contributed by atoms with Crippen molar-refractivity contribution in [3.63, 3.8) is 0 Å². The first-order valence-electron chi connectivity index (χ1n) is 5.54. The number of aliphatic hydroxyl groups excluding tert-OH is 1. The Morgan fingerprint density at radius 1 is 1.18 bits per heavy atom. The van der Waals surface area contributed by atoms with Crippen molar-refractivity contribution in [3.8, 4) is 0 Å². The molecule has 0 fully saturated rings. The topological polar surface area (TPSA) is 104 Å². The SMILES string of the molecule is CC(COCCO)CC(C(=O)O)C(C)C(=O)O. The van der Waals surface area contributed by atoms with Crippen molar-refractivity contribution in [1.82, 2.24) is 0 Å². The van der Waals surface area contributed by atoms with Gasteiger partial charge in [0.1, 0.15) is 0 Å². The highest BCUT2D eigenvalue weighted by Gasteiger charge is 2.31. The molecule has 6 heteroatoms. The largest absolute Gasteiger partial charge is 0.481 e. The Bertz CT molecular complexity index is 252. The molecule has 3 atom stereocenters. The number of aliphatic hydroxyl groups is 1. The lowest BCUT2D eigenvalue weighted by atomic mass is 9.86. The molecular formula is C11H20O6. The molecule has 0 saturated heterocycles. The zero-order valence-electron chi connectivity index (χ0n) is 10.1. The van der Waals surface area contributed by atoms with Crippen molar-refractivity contribution in [2.24, 2.45) is 17.8 Å². The fourth-order valence-electron chi connectivity index (χ4n) is 1.54. The van der Waals surface area contributed by atoms with Crippen LogP contribution in [0.3, 0.4) is 0 Å². The van der Waals surface area contributed by atoms with Crippen LogP contribution in [0.4, 0.5) is 0 Å². The van der Waals surface area contributed by atoms with Crippen LogP contribution in [-0.4, -0.2) is 47.1 Å². The number of hydrogen-bond donors (Lipinski definition) is 3. The number of carboxylic acids is 2. The Balaban J connectivity index is 4.25. The third kappa shape index (κ3) is 6.23. The summed E-state index contributed by atoms with van der Waals surface area (Å²) in [5, 5.41) is 26.3. The average Bonchev–Trinajstić information content (AvgIpc) is 2.24. The summed E-state index contributed by atoms with van der Waals surface area (Å²) in [7, 11) is 0.